The number of methoxy groups -OCH3 is 1. The maximum Gasteiger partial charge on any atom is 0.243 e. The minimum absolute atomic E-state index is 0.0233. The molecular weight excluding hydrogens is 528 g/mol. The lowest BCUT2D eigenvalue weighted by molar-refractivity contribution is -0.126. The van der Waals surface area contributed by atoms with Gasteiger partial charge in [-0.25, -0.2) is 16.8 Å². The third-order valence-corrected chi connectivity index (χ3v) is 10.2. The van der Waals surface area contributed by atoms with Crippen LogP contribution in [0.25, 0.3) is 0 Å². The van der Waals surface area contributed by atoms with Gasteiger partial charge in [-0.1, -0.05) is 44.2 Å². The third kappa shape index (κ3) is 8.26. The number of sulfonamides is 1. The minimum atomic E-state index is -3.96. The number of aliphatic hydroxyl groups excluding tert-OH is 1. The monoisotopic (exact) mass is 566 g/mol. The molecule has 1 saturated heterocycles. The first kappa shape index (κ1) is 30.1. The first-order valence-electron chi connectivity index (χ1n) is 12.8. The third-order valence-electron chi connectivity index (χ3n) is 6.58. The van der Waals surface area contributed by atoms with Gasteiger partial charge in [-0.2, -0.15) is 4.31 Å². The van der Waals surface area contributed by atoms with Crippen molar-refractivity contribution >= 4 is 25.8 Å². The van der Waals surface area contributed by atoms with Gasteiger partial charge in [0.2, 0.25) is 15.9 Å². The molecule has 2 aromatic carbocycles. The number of hydrogen-bond donors (Lipinski definition) is 2. The second-order valence-corrected chi connectivity index (χ2v) is 14.4. The van der Waals surface area contributed by atoms with E-state index in [0.717, 1.165) is 5.56 Å². The Bertz CT molecular complexity index is 1260. The van der Waals surface area contributed by atoms with E-state index in [1.807, 2.05) is 44.2 Å². The van der Waals surface area contributed by atoms with Gasteiger partial charge in [0.1, 0.15) is 5.75 Å². The zero-order valence-corrected chi connectivity index (χ0v) is 23.7. The van der Waals surface area contributed by atoms with E-state index in [2.05, 4.69) is 5.32 Å². The summed E-state index contributed by atoms with van der Waals surface area (Å²) in [6.45, 7) is 3.69. The summed E-state index contributed by atoms with van der Waals surface area (Å²) < 4.78 is 57.7. The summed E-state index contributed by atoms with van der Waals surface area (Å²) >= 11 is 0. The van der Waals surface area contributed by atoms with Gasteiger partial charge in [0.15, 0.2) is 9.84 Å². The molecule has 1 aliphatic rings. The van der Waals surface area contributed by atoms with Crippen molar-refractivity contribution in [3.05, 3.63) is 60.2 Å². The molecule has 2 aromatic rings. The van der Waals surface area contributed by atoms with Crippen LogP contribution in [-0.4, -0.2) is 76.0 Å². The van der Waals surface area contributed by atoms with Crippen molar-refractivity contribution in [1.82, 2.24) is 9.62 Å². The maximum atomic E-state index is 13.5. The summed E-state index contributed by atoms with van der Waals surface area (Å²) in [5, 5.41) is 14.2. The van der Waals surface area contributed by atoms with E-state index in [4.69, 9.17) is 4.74 Å². The van der Waals surface area contributed by atoms with Crippen molar-refractivity contribution in [3.63, 3.8) is 0 Å². The number of carbonyl (C=O) groups excluding carboxylic acids is 1. The highest BCUT2D eigenvalue weighted by Crippen LogP contribution is 2.23. The van der Waals surface area contributed by atoms with Gasteiger partial charge in [-0.15, -0.1) is 0 Å². The van der Waals surface area contributed by atoms with E-state index in [-0.39, 0.29) is 41.8 Å². The highest BCUT2D eigenvalue weighted by molar-refractivity contribution is 7.91. The maximum absolute atomic E-state index is 13.5. The molecule has 11 heteroatoms. The summed E-state index contributed by atoms with van der Waals surface area (Å²) in [5.74, 6) is -0.797. The molecule has 0 spiro atoms. The number of hydrogen-bond acceptors (Lipinski definition) is 7. The molecule has 210 valence electrons. The molecule has 0 unspecified atom stereocenters. The van der Waals surface area contributed by atoms with Crippen LogP contribution in [0.1, 0.15) is 32.3 Å². The number of amides is 1. The molecule has 0 aliphatic carbocycles. The molecule has 0 saturated carbocycles. The first-order chi connectivity index (χ1) is 17.9. The number of aliphatic hydroxyl groups is 1. The van der Waals surface area contributed by atoms with Gasteiger partial charge < -0.3 is 15.2 Å². The number of rotatable bonds is 12. The topological polar surface area (TPSA) is 130 Å². The van der Waals surface area contributed by atoms with Crippen LogP contribution in [0.5, 0.6) is 5.75 Å². The van der Waals surface area contributed by atoms with E-state index in [1.54, 1.807) is 12.1 Å². The highest BCUT2D eigenvalue weighted by atomic mass is 32.2. The van der Waals surface area contributed by atoms with Crippen LogP contribution in [-0.2, 0) is 31.1 Å². The molecular formula is C27H38N2O7S2. The van der Waals surface area contributed by atoms with Crippen molar-refractivity contribution in [2.75, 3.05) is 31.7 Å². The fourth-order valence-electron chi connectivity index (χ4n) is 4.59. The number of ether oxygens (including phenoxy) is 1. The number of benzene rings is 2. The Morgan fingerprint density at radius 1 is 1.11 bits per heavy atom. The molecule has 0 bridgehead atoms. The Hall–Kier alpha value is -2.47. The summed E-state index contributed by atoms with van der Waals surface area (Å²) in [5.41, 5.74) is 0.849. The van der Waals surface area contributed by atoms with Crippen LogP contribution in [0.3, 0.4) is 0 Å². The molecule has 3 atom stereocenters. The lowest BCUT2D eigenvalue weighted by Gasteiger charge is -2.32. The van der Waals surface area contributed by atoms with E-state index in [0.29, 0.717) is 18.6 Å². The zero-order chi connectivity index (χ0) is 27.9. The molecule has 2 N–H and O–H groups in total. The molecule has 1 fully saturated rings. The summed E-state index contributed by atoms with van der Waals surface area (Å²) in [7, 11) is -5.77. The second kappa shape index (κ2) is 13.1. The molecule has 9 nitrogen and oxygen atoms in total. The van der Waals surface area contributed by atoms with Crippen molar-refractivity contribution < 1.29 is 31.5 Å². The normalized spacial score (nSPS) is 19.2. The van der Waals surface area contributed by atoms with Gasteiger partial charge in [0, 0.05) is 13.1 Å². The average Bonchev–Trinajstić information content (AvgIpc) is 2.87. The first-order valence-corrected chi connectivity index (χ1v) is 16.0. The molecule has 38 heavy (non-hydrogen) atoms. The SMILES string of the molecule is COc1ccc(S(=O)(=O)N(CC(C)C)C[C@@H](O)[C@H](Cc2ccccc2)NC(=O)[C@@H]2CCCS(=O)(=O)C2)cc1. The fourth-order valence-corrected chi connectivity index (χ4v) is 7.92. The predicted molar refractivity (Wildman–Crippen MR) is 146 cm³/mol. The van der Waals surface area contributed by atoms with Crippen LogP contribution >= 0.6 is 0 Å². The van der Waals surface area contributed by atoms with E-state index in [9.17, 15) is 26.7 Å². The molecule has 0 aromatic heterocycles. The summed E-state index contributed by atoms with van der Waals surface area (Å²) in [6, 6.07) is 14.5. The number of nitrogens with zero attached hydrogens (tertiary/aromatic N) is 1. The second-order valence-electron chi connectivity index (χ2n) is 10.2. The zero-order valence-electron chi connectivity index (χ0n) is 22.1. The Morgan fingerprint density at radius 3 is 2.34 bits per heavy atom. The van der Waals surface area contributed by atoms with Crippen LogP contribution < -0.4 is 10.1 Å². The van der Waals surface area contributed by atoms with Crippen LogP contribution in [0.2, 0.25) is 0 Å². The molecule has 1 heterocycles. The van der Waals surface area contributed by atoms with Gasteiger partial charge in [-0.05, 0) is 55.0 Å². The molecule has 1 amide bonds. The van der Waals surface area contributed by atoms with Crippen molar-refractivity contribution in [2.24, 2.45) is 11.8 Å². The fraction of sp³-hybridized carbons (Fsp3) is 0.519. The standard InChI is InChI=1S/C27H38N2O7S2/c1-20(2)17-29(38(34,35)24-13-11-23(36-3)12-14-24)18-26(30)25(16-21-8-5-4-6-9-21)28-27(31)22-10-7-15-37(32,33)19-22/h4-6,8-9,11-14,20,22,25-26,30H,7,10,15-19H2,1-3H3,(H,28,31)/t22-,25+,26-/m1/s1. The van der Waals surface area contributed by atoms with Crippen LogP contribution in [0.15, 0.2) is 59.5 Å². The quantitative estimate of drug-likeness (QED) is 0.403. The Morgan fingerprint density at radius 2 is 1.76 bits per heavy atom. The van der Waals surface area contributed by atoms with E-state index >= 15 is 0 Å². The lowest BCUT2D eigenvalue weighted by atomic mass is 9.98. The average molecular weight is 567 g/mol. The predicted octanol–water partition coefficient (Wildman–Crippen LogP) is 2.26. The van der Waals surface area contributed by atoms with Gasteiger partial charge in [-0.3, -0.25) is 4.79 Å². The smallest absolute Gasteiger partial charge is 0.243 e. The van der Waals surface area contributed by atoms with Crippen molar-refractivity contribution in [2.45, 2.75) is 50.2 Å². The van der Waals surface area contributed by atoms with Gasteiger partial charge in [0.05, 0.1) is 41.6 Å². The van der Waals surface area contributed by atoms with Crippen molar-refractivity contribution in [3.8, 4) is 5.75 Å². The van der Waals surface area contributed by atoms with Gasteiger partial charge in [0.25, 0.3) is 0 Å². The van der Waals surface area contributed by atoms with Gasteiger partial charge >= 0.3 is 0 Å². The molecule has 0 radical (unpaired) electrons. The summed E-state index contributed by atoms with van der Waals surface area (Å²) in [4.78, 5) is 13.2. The largest absolute Gasteiger partial charge is 0.497 e. The number of nitrogens with one attached hydrogen (secondary N) is 1. The molecule has 1 aliphatic heterocycles. The number of sulfone groups is 1. The highest BCUT2D eigenvalue weighted by Gasteiger charge is 2.34. The van der Waals surface area contributed by atoms with E-state index < -0.39 is 43.8 Å². The van der Waals surface area contributed by atoms with Crippen LogP contribution in [0.4, 0.5) is 0 Å². The van der Waals surface area contributed by atoms with Crippen LogP contribution in [0, 0.1) is 11.8 Å². The summed E-state index contributed by atoms with van der Waals surface area (Å²) in [6.07, 6.45) is -0.129. The minimum Gasteiger partial charge on any atom is -0.497 e. The van der Waals surface area contributed by atoms with E-state index in [1.165, 1.54) is 23.5 Å². The molecule has 3 rings (SSSR count). The van der Waals surface area contributed by atoms with Crippen molar-refractivity contribution in [1.29, 1.82) is 0 Å². The Kier molecular flexibility index (Phi) is 10.3. The Balaban J connectivity index is 1.85. The lowest BCUT2D eigenvalue weighted by Crippen LogP contribution is -2.53. The number of carbonyl (C=O) groups is 1. The Labute approximate surface area is 226 Å².